The Kier molecular flexibility index (Phi) is 5.76. The maximum Gasteiger partial charge on any atom is 0.295 e. The Morgan fingerprint density at radius 1 is 1.23 bits per heavy atom. The van der Waals surface area contributed by atoms with Gasteiger partial charge in [-0.15, -0.1) is 0 Å². The molecule has 2 aromatic heterocycles. The number of nitrogens with one attached hydrogen (secondary N) is 1. The van der Waals surface area contributed by atoms with Gasteiger partial charge < -0.3 is 10.0 Å². The number of benzene rings is 1. The van der Waals surface area contributed by atoms with Crippen LogP contribution in [-0.2, 0) is 16.1 Å². The van der Waals surface area contributed by atoms with E-state index >= 15 is 0 Å². The van der Waals surface area contributed by atoms with Gasteiger partial charge in [-0.05, 0) is 29.3 Å². The number of aromatic nitrogens is 3. The minimum absolute atomic E-state index is 0.0235. The number of Topliss-reactive ketones (excluding diaryl/α,β-unsaturated/α-hetero) is 1. The predicted octanol–water partition coefficient (Wildman–Crippen LogP) is 1.77. The molecule has 1 aromatic carbocycles. The van der Waals surface area contributed by atoms with E-state index < -0.39 is 23.5 Å². The van der Waals surface area contributed by atoms with Gasteiger partial charge in [0.05, 0.1) is 12.6 Å². The van der Waals surface area contributed by atoms with Gasteiger partial charge in [0.1, 0.15) is 12.4 Å². The smallest absolute Gasteiger partial charge is 0.295 e. The lowest BCUT2D eigenvalue weighted by Crippen LogP contribution is -2.36. The van der Waals surface area contributed by atoms with Gasteiger partial charge in [-0.1, -0.05) is 39.9 Å². The summed E-state index contributed by atoms with van der Waals surface area (Å²) in [5, 5.41) is 13.2. The number of likely N-dealkylation sites (tertiary alicyclic amines) is 1. The molecule has 1 saturated heterocycles. The first-order valence-corrected chi connectivity index (χ1v) is 10.3. The zero-order valence-electron chi connectivity index (χ0n) is 16.0. The Bertz CT molecular complexity index is 1080. The van der Waals surface area contributed by atoms with Crippen LogP contribution in [0.15, 0.2) is 77.6 Å². The third kappa shape index (κ3) is 3.91. The van der Waals surface area contributed by atoms with Gasteiger partial charge in [-0.25, -0.2) is 4.57 Å². The van der Waals surface area contributed by atoms with Gasteiger partial charge in [-0.3, -0.25) is 19.6 Å². The highest BCUT2D eigenvalue weighted by Gasteiger charge is 2.44. The second kappa shape index (κ2) is 8.62. The van der Waals surface area contributed by atoms with Gasteiger partial charge in [0.15, 0.2) is 0 Å². The molecule has 1 unspecified atom stereocenters. The monoisotopic (exact) mass is 466 g/mol. The molecule has 0 aliphatic carbocycles. The molecule has 4 rings (SSSR count). The summed E-state index contributed by atoms with van der Waals surface area (Å²) in [5.74, 6) is -1.83. The minimum Gasteiger partial charge on any atom is -0.872 e. The Morgan fingerprint density at radius 2 is 2.03 bits per heavy atom. The number of hydrogen-bond acceptors (Lipinski definition) is 4. The molecule has 1 aliphatic rings. The molecule has 3 heterocycles. The van der Waals surface area contributed by atoms with E-state index in [9.17, 15) is 14.7 Å². The third-order valence-electron chi connectivity index (χ3n) is 5.05. The molecule has 30 heavy (non-hydrogen) atoms. The van der Waals surface area contributed by atoms with Crippen molar-refractivity contribution in [2.24, 2.45) is 0 Å². The van der Waals surface area contributed by atoms with Crippen molar-refractivity contribution < 1.29 is 19.3 Å². The number of aryl methyl sites for hydroxylation is 1. The number of aromatic amines is 1. The molecule has 0 saturated carbocycles. The number of halogens is 1. The van der Waals surface area contributed by atoms with Crippen molar-refractivity contribution in [1.29, 1.82) is 0 Å². The molecule has 152 valence electrons. The molecule has 0 radical (unpaired) electrons. The quantitative estimate of drug-likeness (QED) is 0.259. The summed E-state index contributed by atoms with van der Waals surface area (Å²) >= 11 is 3.34. The van der Waals surface area contributed by atoms with Crippen molar-refractivity contribution in [3.8, 4) is 0 Å². The zero-order valence-corrected chi connectivity index (χ0v) is 17.6. The van der Waals surface area contributed by atoms with Crippen LogP contribution in [0.4, 0.5) is 0 Å². The van der Waals surface area contributed by atoms with Gasteiger partial charge >= 0.3 is 0 Å². The number of amides is 1. The first kappa shape index (κ1) is 20.0. The second-order valence-electron chi connectivity index (χ2n) is 6.97. The Hall–Kier alpha value is -3.26. The van der Waals surface area contributed by atoms with Crippen LogP contribution in [0.25, 0.3) is 5.76 Å². The first-order chi connectivity index (χ1) is 14.6. The van der Waals surface area contributed by atoms with E-state index in [1.165, 1.54) is 4.90 Å². The van der Waals surface area contributed by atoms with Gasteiger partial charge in [-0.2, -0.15) is 0 Å². The normalized spacial score (nSPS) is 18.2. The Balaban J connectivity index is 1.71. The predicted molar refractivity (Wildman–Crippen MR) is 110 cm³/mol. The molecule has 1 aliphatic heterocycles. The lowest BCUT2D eigenvalue weighted by Gasteiger charge is -2.27. The largest absolute Gasteiger partial charge is 0.872 e. The van der Waals surface area contributed by atoms with E-state index in [1.54, 1.807) is 48.8 Å². The van der Waals surface area contributed by atoms with Crippen molar-refractivity contribution in [2.45, 2.75) is 19.0 Å². The van der Waals surface area contributed by atoms with E-state index in [2.05, 4.69) is 25.9 Å². The van der Waals surface area contributed by atoms with Gasteiger partial charge in [0, 0.05) is 35.4 Å². The van der Waals surface area contributed by atoms with E-state index in [-0.39, 0.29) is 5.57 Å². The fraction of sp³-hybridized carbons (Fsp3) is 0.182. The fourth-order valence-electron chi connectivity index (χ4n) is 3.63. The highest BCUT2D eigenvalue weighted by Crippen LogP contribution is 2.38. The molecular weight excluding hydrogens is 448 g/mol. The van der Waals surface area contributed by atoms with Crippen molar-refractivity contribution in [1.82, 2.24) is 14.9 Å². The molecule has 1 N–H and O–H groups in total. The molecule has 8 heteroatoms. The first-order valence-electron chi connectivity index (χ1n) is 9.50. The van der Waals surface area contributed by atoms with Crippen molar-refractivity contribution >= 4 is 33.4 Å². The number of nitrogens with zero attached hydrogens (tertiary/aromatic N) is 3. The van der Waals surface area contributed by atoms with E-state index in [4.69, 9.17) is 0 Å². The number of carbonyl (C=O) groups excluding carboxylic acids is 2. The van der Waals surface area contributed by atoms with E-state index in [0.29, 0.717) is 30.6 Å². The molecule has 0 bridgehead atoms. The van der Waals surface area contributed by atoms with Gasteiger partial charge in [0.2, 0.25) is 12.1 Å². The van der Waals surface area contributed by atoms with Crippen molar-refractivity contribution in [2.75, 3.05) is 6.54 Å². The minimum atomic E-state index is -0.744. The summed E-state index contributed by atoms with van der Waals surface area (Å²) in [6, 6.07) is 9.53. The molecule has 1 fully saturated rings. The second-order valence-corrected chi connectivity index (χ2v) is 7.88. The summed E-state index contributed by atoms with van der Waals surface area (Å²) in [4.78, 5) is 34.3. The average Bonchev–Trinajstić information content (AvgIpc) is 3.37. The third-order valence-corrected chi connectivity index (χ3v) is 5.58. The maximum atomic E-state index is 13.2. The summed E-state index contributed by atoms with van der Waals surface area (Å²) < 4.78 is 2.78. The number of imidazole rings is 1. The van der Waals surface area contributed by atoms with Crippen LogP contribution >= 0.6 is 15.9 Å². The molecule has 0 spiro atoms. The fourth-order valence-corrected chi connectivity index (χ4v) is 3.89. The Morgan fingerprint density at radius 3 is 2.70 bits per heavy atom. The van der Waals surface area contributed by atoms with Crippen molar-refractivity contribution in [3.05, 3.63) is 88.7 Å². The lowest BCUT2D eigenvalue weighted by molar-refractivity contribution is -0.695. The van der Waals surface area contributed by atoms with Crippen LogP contribution < -0.4 is 9.67 Å². The molecule has 3 aromatic rings. The molecule has 1 amide bonds. The molecule has 7 nitrogen and oxygen atoms in total. The number of H-pyrrole nitrogens is 1. The number of rotatable bonds is 6. The number of hydrogen-bond donors (Lipinski definition) is 1. The van der Waals surface area contributed by atoms with Crippen LogP contribution in [0.5, 0.6) is 0 Å². The summed E-state index contributed by atoms with van der Waals surface area (Å²) in [6.45, 7) is 1.02. The van der Waals surface area contributed by atoms with Crippen molar-refractivity contribution in [3.63, 3.8) is 0 Å². The highest BCUT2D eigenvalue weighted by molar-refractivity contribution is 9.10. The van der Waals surface area contributed by atoms with Crippen LogP contribution in [-0.4, -0.2) is 33.1 Å². The van der Waals surface area contributed by atoms with Crippen LogP contribution in [0.2, 0.25) is 0 Å². The van der Waals surface area contributed by atoms with E-state index in [0.717, 1.165) is 4.47 Å². The SMILES string of the molecule is O=C1C(=O)N(CCC[n+]2cc[nH]c2)C(c2cccnc2)C1=C([O-])c1ccc(Br)cc1. The number of carbonyl (C=O) groups is 2. The maximum absolute atomic E-state index is 13.2. The number of pyridine rings is 1. The summed E-state index contributed by atoms with van der Waals surface area (Å²) in [7, 11) is 0. The number of ketones is 1. The highest BCUT2D eigenvalue weighted by atomic mass is 79.9. The Labute approximate surface area is 181 Å². The average molecular weight is 467 g/mol. The summed E-state index contributed by atoms with van der Waals surface area (Å²) in [5.41, 5.74) is 0.990. The van der Waals surface area contributed by atoms with Gasteiger partial charge in [0.25, 0.3) is 5.91 Å². The van der Waals surface area contributed by atoms with Crippen LogP contribution in [0.3, 0.4) is 0 Å². The van der Waals surface area contributed by atoms with Crippen LogP contribution in [0, 0.1) is 0 Å². The van der Waals surface area contributed by atoms with Crippen LogP contribution in [0.1, 0.15) is 23.6 Å². The van der Waals surface area contributed by atoms with E-state index in [1.807, 2.05) is 23.3 Å². The topological polar surface area (TPSA) is 93.0 Å². The standard InChI is InChI=1S/C22H19BrN4O3/c23-17-6-4-15(5-7-17)20(28)18-19(16-3-1-8-24-13-16)27(22(30)21(18)29)11-2-10-26-12-9-25-14-26/h1,3-9,12-14,19H,2,10-11H2,(H,28,29). The zero-order chi connectivity index (χ0) is 21.1. The lowest BCUT2D eigenvalue weighted by atomic mass is 9.96. The molecule has 1 atom stereocenters. The molecular formula is C22H19BrN4O3. The summed E-state index contributed by atoms with van der Waals surface area (Å²) in [6.07, 6.45) is 9.38.